The van der Waals surface area contributed by atoms with Crippen molar-refractivity contribution in [3.05, 3.63) is 22.7 Å². The quantitative estimate of drug-likeness (QED) is 0.805. The number of hydrogen-bond acceptors (Lipinski definition) is 4. The number of carbonyl (C=O) groups excluding carboxylic acids is 1. The Balaban J connectivity index is 3.15. The molecular weight excluding hydrogens is 260 g/mol. The van der Waals surface area contributed by atoms with Gasteiger partial charge in [0.1, 0.15) is 6.29 Å². The Kier molecular flexibility index (Phi) is 4.97. The predicted molar refractivity (Wildman–Crippen MR) is 65.7 cm³/mol. The smallest absolute Gasteiger partial charge is 0.344 e. The van der Waals surface area contributed by atoms with Crippen LogP contribution in [-0.2, 0) is 4.79 Å². The monoisotopic (exact) mass is 272 g/mol. The van der Waals surface area contributed by atoms with E-state index in [1.807, 2.05) is 0 Å². The standard InChI is InChI=1S/C12H13ClO5/c1-3-17-10-5-8(6-14)4-9(13)11(10)18-7(2)12(15)16/h4-7H,3H2,1-2H3,(H,15,16). The summed E-state index contributed by atoms with van der Waals surface area (Å²) in [6.45, 7) is 3.48. The normalized spacial score (nSPS) is 11.7. The van der Waals surface area contributed by atoms with Gasteiger partial charge in [0.2, 0.25) is 0 Å². The molecule has 0 radical (unpaired) electrons. The minimum atomic E-state index is -1.12. The van der Waals surface area contributed by atoms with Crippen molar-refractivity contribution in [2.75, 3.05) is 6.61 Å². The Labute approximate surface area is 109 Å². The number of carboxylic acid groups (broad SMARTS) is 1. The lowest BCUT2D eigenvalue weighted by molar-refractivity contribution is -0.144. The molecule has 0 saturated heterocycles. The summed E-state index contributed by atoms with van der Waals surface area (Å²) in [5.41, 5.74) is 0.332. The SMILES string of the molecule is CCOc1cc(C=O)cc(Cl)c1OC(C)C(=O)O. The highest BCUT2D eigenvalue weighted by molar-refractivity contribution is 6.32. The second kappa shape index (κ2) is 6.26. The molecule has 0 aliphatic heterocycles. The summed E-state index contributed by atoms with van der Waals surface area (Å²) in [4.78, 5) is 21.4. The summed E-state index contributed by atoms with van der Waals surface area (Å²) in [5, 5.41) is 8.93. The molecule has 0 bridgehead atoms. The van der Waals surface area contributed by atoms with Crippen molar-refractivity contribution < 1.29 is 24.2 Å². The lowest BCUT2D eigenvalue weighted by Crippen LogP contribution is -2.23. The van der Waals surface area contributed by atoms with Crippen LogP contribution in [0.1, 0.15) is 24.2 Å². The van der Waals surface area contributed by atoms with E-state index >= 15 is 0 Å². The van der Waals surface area contributed by atoms with Crippen molar-refractivity contribution in [2.45, 2.75) is 20.0 Å². The molecule has 1 N–H and O–H groups in total. The number of aldehydes is 1. The van der Waals surface area contributed by atoms with E-state index in [1.165, 1.54) is 19.1 Å². The fourth-order valence-electron chi connectivity index (χ4n) is 1.26. The molecule has 5 nitrogen and oxygen atoms in total. The van der Waals surface area contributed by atoms with Crippen molar-refractivity contribution in [3.8, 4) is 11.5 Å². The minimum absolute atomic E-state index is 0.124. The van der Waals surface area contributed by atoms with Gasteiger partial charge in [-0.1, -0.05) is 11.6 Å². The van der Waals surface area contributed by atoms with Gasteiger partial charge in [0.25, 0.3) is 0 Å². The summed E-state index contributed by atoms with van der Waals surface area (Å²) in [7, 11) is 0. The molecule has 1 rings (SSSR count). The summed E-state index contributed by atoms with van der Waals surface area (Å²) in [6.07, 6.45) is -0.442. The molecule has 1 unspecified atom stereocenters. The zero-order valence-electron chi connectivity index (χ0n) is 9.97. The molecule has 18 heavy (non-hydrogen) atoms. The van der Waals surface area contributed by atoms with Gasteiger partial charge in [-0.2, -0.15) is 0 Å². The van der Waals surface area contributed by atoms with Gasteiger partial charge in [-0.05, 0) is 26.0 Å². The molecular formula is C12H13ClO5. The number of ether oxygens (including phenoxy) is 2. The highest BCUT2D eigenvalue weighted by atomic mass is 35.5. The fourth-order valence-corrected chi connectivity index (χ4v) is 1.52. The lowest BCUT2D eigenvalue weighted by Gasteiger charge is -2.16. The Bertz CT molecular complexity index is 458. The third-order valence-electron chi connectivity index (χ3n) is 2.11. The average molecular weight is 273 g/mol. The minimum Gasteiger partial charge on any atom is -0.490 e. The highest BCUT2D eigenvalue weighted by Gasteiger charge is 2.19. The molecule has 0 aliphatic carbocycles. The fraction of sp³-hybridized carbons (Fsp3) is 0.333. The third kappa shape index (κ3) is 3.37. The average Bonchev–Trinajstić information content (AvgIpc) is 2.32. The van der Waals surface area contributed by atoms with Crippen LogP contribution in [-0.4, -0.2) is 30.1 Å². The third-order valence-corrected chi connectivity index (χ3v) is 2.39. The largest absolute Gasteiger partial charge is 0.490 e. The Morgan fingerprint density at radius 1 is 1.56 bits per heavy atom. The van der Waals surface area contributed by atoms with E-state index in [9.17, 15) is 9.59 Å². The molecule has 0 saturated carbocycles. The van der Waals surface area contributed by atoms with Crippen molar-refractivity contribution in [1.82, 2.24) is 0 Å². The Morgan fingerprint density at radius 3 is 2.72 bits per heavy atom. The van der Waals surface area contributed by atoms with E-state index in [1.54, 1.807) is 6.92 Å². The van der Waals surface area contributed by atoms with Gasteiger partial charge in [-0.25, -0.2) is 4.79 Å². The highest BCUT2D eigenvalue weighted by Crippen LogP contribution is 2.37. The van der Waals surface area contributed by atoms with E-state index in [0.29, 0.717) is 18.5 Å². The van der Waals surface area contributed by atoms with Crippen LogP contribution in [0, 0.1) is 0 Å². The van der Waals surface area contributed by atoms with Gasteiger partial charge in [0, 0.05) is 5.56 Å². The number of halogens is 1. The van der Waals surface area contributed by atoms with Crippen molar-refractivity contribution in [2.24, 2.45) is 0 Å². The van der Waals surface area contributed by atoms with Gasteiger partial charge in [0.05, 0.1) is 11.6 Å². The second-order valence-electron chi connectivity index (χ2n) is 3.48. The van der Waals surface area contributed by atoms with E-state index in [2.05, 4.69) is 0 Å². The van der Waals surface area contributed by atoms with Crippen molar-refractivity contribution in [3.63, 3.8) is 0 Å². The first kappa shape index (κ1) is 14.3. The van der Waals surface area contributed by atoms with E-state index in [-0.39, 0.29) is 16.5 Å². The molecule has 0 amide bonds. The number of hydrogen-bond donors (Lipinski definition) is 1. The molecule has 6 heteroatoms. The van der Waals surface area contributed by atoms with Gasteiger partial charge in [-0.15, -0.1) is 0 Å². The van der Waals surface area contributed by atoms with Crippen LogP contribution in [0.15, 0.2) is 12.1 Å². The number of carbonyl (C=O) groups is 2. The molecule has 0 fully saturated rings. The topological polar surface area (TPSA) is 72.8 Å². The molecule has 1 atom stereocenters. The van der Waals surface area contributed by atoms with Crippen LogP contribution in [0.4, 0.5) is 0 Å². The first-order valence-electron chi connectivity index (χ1n) is 5.30. The van der Waals surface area contributed by atoms with Crippen LogP contribution in [0.2, 0.25) is 5.02 Å². The first-order chi connectivity index (χ1) is 8.49. The van der Waals surface area contributed by atoms with Gasteiger partial charge in [0.15, 0.2) is 17.6 Å². The Hall–Kier alpha value is -1.75. The number of aliphatic carboxylic acids is 1. The molecule has 0 aliphatic rings. The van der Waals surface area contributed by atoms with Gasteiger partial charge in [-0.3, -0.25) is 4.79 Å². The van der Waals surface area contributed by atoms with Crippen molar-refractivity contribution >= 4 is 23.9 Å². The molecule has 0 heterocycles. The maximum atomic E-state index is 10.7. The zero-order chi connectivity index (χ0) is 13.7. The van der Waals surface area contributed by atoms with Crippen LogP contribution < -0.4 is 9.47 Å². The molecule has 0 aromatic heterocycles. The molecule has 1 aromatic rings. The number of rotatable bonds is 6. The van der Waals surface area contributed by atoms with Crippen LogP contribution >= 0.6 is 11.6 Å². The lowest BCUT2D eigenvalue weighted by atomic mass is 10.2. The molecule has 1 aromatic carbocycles. The maximum absolute atomic E-state index is 10.7. The first-order valence-corrected chi connectivity index (χ1v) is 5.68. The van der Waals surface area contributed by atoms with Crippen LogP contribution in [0.5, 0.6) is 11.5 Å². The summed E-state index contributed by atoms with van der Waals surface area (Å²) in [6, 6.07) is 2.84. The molecule has 0 spiro atoms. The summed E-state index contributed by atoms with van der Waals surface area (Å²) < 4.78 is 10.5. The van der Waals surface area contributed by atoms with Gasteiger partial charge >= 0.3 is 5.97 Å². The summed E-state index contributed by atoms with van der Waals surface area (Å²) in [5.74, 6) is -0.743. The van der Waals surface area contributed by atoms with E-state index in [0.717, 1.165) is 0 Å². The van der Waals surface area contributed by atoms with E-state index < -0.39 is 12.1 Å². The Morgan fingerprint density at radius 2 is 2.22 bits per heavy atom. The zero-order valence-corrected chi connectivity index (χ0v) is 10.7. The molecule has 98 valence electrons. The number of carboxylic acids is 1. The maximum Gasteiger partial charge on any atom is 0.344 e. The van der Waals surface area contributed by atoms with Crippen molar-refractivity contribution in [1.29, 1.82) is 0 Å². The predicted octanol–water partition coefficient (Wildman–Crippen LogP) is 2.40. The van der Waals surface area contributed by atoms with E-state index in [4.69, 9.17) is 26.2 Å². The van der Waals surface area contributed by atoms with Crippen LogP contribution in [0.25, 0.3) is 0 Å². The number of benzene rings is 1. The van der Waals surface area contributed by atoms with Crippen LogP contribution in [0.3, 0.4) is 0 Å². The second-order valence-corrected chi connectivity index (χ2v) is 3.89. The van der Waals surface area contributed by atoms with Gasteiger partial charge < -0.3 is 14.6 Å². The summed E-state index contributed by atoms with van der Waals surface area (Å²) >= 11 is 5.94.